The minimum Gasteiger partial charge on any atom is -0.310 e. The highest BCUT2D eigenvalue weighted by Crippen LogP contribution is 2.58. The zero-order valence-corrected chi connectivity index (χ0v) is 34.4. The highest BCUT2D eigenvalue weighted by molar-refractivity contribution is 7.25. The van der Waals surface area contributed by atoms with Crippen LogP contribution in [0.5, 0.6) is 0 Å². The van der Waals surface area contributed by atoms with E-state index in [0.29, 0.717) is 0 Å². The maximum atomic E-state index is 2.55. The van der Waals surface area contributed by atoms with E-state index in [-0.39, 0.29) is 5.41 Å². The van der Waals surface area contributed by atoms with E-state index in [1.54, 1.807) is 0 Å². The molecule has 8 aromatic carbocycles. The fraction of sp³-hybridized carbons (Fsp3) is 0.111. The summed E-state index contributed by atoms with van der Waals surface area (Å²) in [6.07, 6.45) is 0. The largest absolute Gasteiger partial charge is 0.310 e. The maximum absolute atomic E-state index is 2.55. The average molecular weight is 764 g/mol. The second kappa shape index (κ2) is 11.5. The first-order valence-corrected chi connectivity index (χ1v) is 24.0. The summed E-state index contributed by atoms with van der Waals surface area (Å²) in [6, 6.07) is 67.4. The molecule has 0 fully saturated rings. The van der Waals surface area contributed by atoms with Crippen LogP contribution in [-0.2, 0) is 10.8 Å². The molecule has 57 heavy (non-hydrogen) atoms. The number of nitrogens with zero attached hydrogens (tertiary/aromatic N) is 1. The molecule has 0 unspecified atom stereocenters. The van der Waals surface area contributed by atoms with Gasteiger partial charge in [-0.05, 0) is 108 Å². The van der Waals surface area contributed by atoms with E-state index in [1.165, 1.54) is 103 Å². The van der Waals surface area contributed by atoms with Crippen molar-refractivity contribution in [2.24, 2.45) is 0 Å². The van der Waals surface area contributed by atoms with Gasteiger partial charge in [-0.3, -0.25) is 0 Å². The molecule has 1 aliphatic heterocycles. The predicted octanol–water partition coefficient (Wildman–Crippen LogP) is 13.3. The summed E-state index contributed by atoms with van der Waals surface area (Å²) < 4.78 is 2.63. The SMILES string of the molecule is CC1(C)c2ccccc2-c2ccc(N(c3ccc4c(c3)C3(c5ccccc5-4)c4ccccc4[Si](C)(C)c4ccccc43)c3ccc4c(c3)sc3ccccc34)cc21. The van der Waals surface area contributed by atoms with Crippen LogP contribution >= 0.6 is 11.3 Å². The summed E-state index contributed by atoms with van der Waals surface area (Å²) in [6.45, 7) is 9.84. The summed E-state index contributed by atoms with van der Waals surface area (Å²) in [5.41, 5.74) is 16.7. The van der Waals surface area contributed by atoms with Crippen molar-refractivity contribution in [3.05, 3.63) is 209 Å². The van der Waals surface area contributed by atoms with Crippen LogP contribution in [0.4, 0.5) is 17.1 Å². The normalized spacial score (nSPS) is 15.8. The van der Waals surface area contributed by atoms with Crippen LogP contribution in [0.25, 0.3) is 42.4 Å². The Kier molecular flexibility index (Phi) is 6.71. The van der Waals surface area contributed by atoms with Crippen LogP contribution < -0.4 is 15.3 Å². The summed E-state index contributed by atoms with van der Waals surface area (Å²) in [5.74, 6) is 0. The Morgan fingerprint density at radius 1 is 0.404 bits per heavy atom. The van der Waals surface area contributed by atoms with Gasteiger partial charge in [-0.25, -0.2) is 0 Å². The van der Waals surface area contributed by atoms with Crippen molar-refractivity contribution in [3.8, 4) is 22.3 Å². The number of anilines is 3. The first-order chi connectivity index (χ1) is 27.8. The van der Waals surface area contributed by atoms with Crippen LogP contribution in [0.3, 0.4) is 0 Å². The number of thiophene rings is 1. The van der Waals surface area contributed by atoms with E-state index < -0.39 is 13.5 Å². The number of fused-ring (bicyclic) bond motifs is 15. The fourth-order valence-electron chi connectivity index (χ4n) is 11.1. The minimum atomic E-state index is -2.01. The third-order valence-electron chi connectivity index (χ3n) is 13.7. The van der Waals surface area contributed by atoms with Crippen LogP contribution in [0.2, 0.25) is 13.1 Å². The lowest BCUT2D eigenvalue weighted by Crippen LogP contribution is -2.63. The third kappa shape index (κ3) is 4.28. The van der Waals surface area contributed by atoms with Crippen molar-refractivity contribution >= 4 is 67.0 Å². The molecular weight excluding hydrogens is 723 g/mol. The van der Waals surface area contributed by atoms with Crippen LogP contribution in [0, 0.1) is 0 Å². The number of rotatable bonds is 3. The molecule has 0 N–H and O–H groups in total. The van der Waals surface area contributed by atoms with Gasteiger partial charge >= 0.3 is 0 Å². The summed E-state index contributed by atoms with van der Waals surface area (Å²) >= 11 is 1.89. The van der Waals surface area contributed by atoms with Gasteiger partial charge in [0.05, 0.1) is 5.41 Å². The van der Waals surface area contributed by atoms with E-state index in [2.05, 4.69) is 208 Å². The number of benzene rings is 8. The lowest BCUT2D eigenvalue weighted by Gasteiger charge is -2.46. The predicted molar refractivity (Wildman–Crippen MR) is 246 cm³/mol. The van der Waals surface area contributed by atoms with Crippen LogP contribution in [-0.4, -0.2) is 8.07 Å². The van der Waals surface area contributed by atoms with Gasteiger partial charge < -0.3 is 4.90 Å². The topological polar surface area (TPSA) is 3.24 Å². The Morgan fingerprint density at radius 2 is 0.877 bits per heavy atom. The third-order valence-corrected chi connectivity index (χ3v) is 18.4. The van der Waals surface area contributed by atoms with E-state index in [9.17, 15) is 0 Å². The molecule has 0 bridgehead atoms. The van der Waals surface area contributed by atoms with Crippen molar-refractivity contribution in [2.75, 3.05) is 4.90 Å². The number of hydrogen-bond donors (Lipinski definition) is 0. The second-order valence-electron chi connectivity index (χ2n) is 17.3. The first-order valence-electron chi connectivity index (χ1n) is 20.2. The summed E-state index contributed by atoms with van der Waals surface area (Å²) in [5, 5.41) is 5.70. The minimum absolute atomic E-state index is 0.112. The smallest absolute Gasteiger partial charge is 0.113 e. The van der Waals surface area contributed by atoms with Gasteiger partial charge in [-0.15, -0.1) is 11.3 Å². The molecule has 0 saturated heterocycles. The monoisotopic (exact) mass is 763 g/mol. The van der Waals surface area contributed by atoms with Gasteiger partial charge in [0.25, 0.3) is 0 Å². The van der Waals surface area contributed by atoms with E-state index in [1.807, 2.05) is 11.3 Å². The van der Waals surface area contributed by atoms with Gasteiger partial charge in [-0.1, -0.05) is 160 Å². The molecular formula is C54H41NSSi. The van der Waals surface area contributed by atoms with Crippen molar-refractivity contribution in [1.82, 2.24) is 0 Å². The van der Waals surface area contributed by atoms with E-state index in [0.717, 1.165) is 0 Å². The quantitative estimate of drug-likeness (QED) is 0.162. The highest BCUT2D eigenvalue weighted by Gasteiger charge is 2.53. The molecule has 0 radical (unpaired) electrons. The van der Waals surface area contributed by atoms with E-state index >= 15 is 0 Å². The Bertz CT molecular complexity index is 3110. The zero-order chi connectivity index (χ0) is 38.3. The Balaban J connectivity index is 1.14. The van der Waals surface area contributed by atoms with Crippen LogP contribution in [0.1, 0.15) is 47.2 Å². The molecule has 1 aromatic heterocycles. The van der Waals surface area contributed by atoms with Gasteiger partial charge in [0, 0.05) is 42.6 Å². The molecule has 3 heteroatoms. The fourth-order valence-corrected chi connectivity index (χ4v) is 15.5. The molecule has 9 aromatic rings. The standard InChI is InChI=1S/C54H41NSSi/c1-53(2)43-18-8-5-15-37(43)39-28-25-34(31-47(39)53)55(36-27-30-42-41-17-7-12-22-49(41)56-50(42)33-36)35-26-29-40-38-16-6-9-19-44(38)54(48(40)32-35)45-20-10-13-23-51(45)57(3,4)52-24-14-11-21-46(52)54/h5-33H,1-4H3. The molecule has 0 amide bonds. The molecule has 1 nitrogen and oxygen atoms in total. The maximum Gasteiger partial charge on any atom is 0.113 e. The van der Waals surface area contributed by atoms with Crippen molar-refractivity contribution in [3.63, 3.8) is 0 Å². The molecule has 3 aliphatic rings. The molecule has 2 heterocycles. The molecule has 0 saturated carbocycles. The molecule has 0 atom stereocenters. The Morgan fingerprint density at radius 3 is 1.58 bits per heavy atom. The summed E-state index contributed by atoms with van der Waals surface area (Å²) in [7, 11) is -2.01. The second-order valence-corrected chi connectivity index (χ2v) is 22.7. The first kappa shape index (κ1) is 33.2. The van der Waals surface area contributed by atoms with Crippen molar-refractivity contribution in [1.29, 1.82) is 0 Å². The van der Waals surface area contributed by atoms with Gasteiger partial charge in [-0.2, -0.15) is 0 Å². The molecule has 2 aliphatic carbocycles. The molecule has 12 rings (SSSR count). The lowest BCUT2D eigenvalue weighted by atomic mass is 9.67. The highest BCUT2D eigenvalue weighted by atomic mass is 32.1. The Labute approximate surface area is 339 Å². The summed E-state index contributed by atoms with van der Waals surface area (Å²) in [4.78, 5) is 2.53. The van der Waals surface area contributed by atoms with Gasteiger partial charge in [0.1, 0.15) is 8.07 Å². The lowest BCUT2D eigenvalue weighted by molar-refractivity contribution is 0.660. The molecule has 272 valence electrons. The van der Waals surface area contributed by atoms with Gasteiger partial charge in [0.15, 0.2) is 0 Å². The van der Waals surface area contributed by atoms with E-state index in [4.69, 9.17) is 0 Å². The average Bonchev–Trinajstić information content (AvgIpc) is 3.84. The Hall–Kier alpha value is -6.00. The van der Waals surface area contributed by atoms with Crippen molar-refractivity contribution in [2.45, 2.75) is 37.8 Å². The van der Waals surface area contributed by atoms with Crippen molar-refractivity contribution < 1.29 is 0 Å². The van der Waals surface area contributed by atoms with Crippen LogP contribution in [0.15, 0.2) is 176 Å². The number of hydrogen-bond acceptors (Lipinski definition) is 2. The zero-order valence-electron chi connectivity index (χ0n) is 32.6. The molecule has 1 spiro atoms. The van der Waals surface area contributed by atoms with Gasteiger partial charge in [0.2, 0.25) is 0 Å².